The fourth-order valence-corrected chi connectivity index (χ4v) is 7.21. The average Bonchev–Trinajstić information content (AvgIpc) is 3.29. The van der Waals surface area contributed by atoms with Gasteiger partial charge in [0.25, 0.3) is 0 Å². The minimum absolute atomic E-state index is 0.278. The van der Waals surface area contributed by atoms with E-state index in [0.717, 1.165) is 46.9 Å². The number of hydrogen-bond acceptors (Lipinski definition) is 5. The summed E-state index contributed by atoms with van der Waals surface area (Å²) < 4.78 is 13.1. The molecule has 7 rings (SSSR count). The third kappa shape index (κ3) is 3.57. The number of esters is 1. The molecule has 4 atom stereocenters. The zero-order valence-corrected chi connectivity index (χ0v) is 24.3. The highest BCUT2D eigenvalue weighted by molar-refractivity contribution is 5.97. The van der Waals surface area contributed by atoms with E-state index in [2.05, 4.69) is 99.0 Å². The van der Waals surface area contributed by atoms with Crippen LogP contribution in [0.15, 0.2) is 84.9 Å². The van der Waals surface area contributed by atoms with Gasteiger partial charge in [-0.25, -0.2) is 4.79 Å². The molecule has 4 aromatic carbocycles. The summed E-state index contributed by atoms with van der Waals surface area (Å²) in [6, 6.07) is 29.4. The molecular formula is C36H36N2O3. The minimum atomic E-state index is -1.09. The van der Waals surface area contributed by atoms with Gasteiger partial charge in [-0.3, -0.25) is 0 Å². The van der Waals surface area contributed by atoms with Gasteiger partial charge in [0.1, 0.15) is 11.5 Å². The van der Waals surface area contributed by atoms with E-state index in [9.17, 15) is 4.79 Å². The number of carbonyl (C=O) groups is 1. The van der Waals surface area contributed by atoms with E-state index in [1.54, 1.807) is 0 Å². The highest BCUT2D eigenvalue weighted by Crippen LogP contribution is 2.58. The number of benzene rings is 4. The van der Waals surface area contributed by atoms with Gasteiger partial charge in [0.2, 0.25) is 0 Å². The van der Waals surface area contributed by atoms with E-state index in [1.165, 1.54) is 11.3 Å². The van der Waals surface area contributed by atoms with Gasteiger partial charge in [0.05, 0.1) is 5.56 Å². The van der Waals surface area contributed by atoms with E-state index in [0.29, 0.717) is 23.1 Å². The molecular weight excluding hydrogens is 508 g/mol. The van der Waals surface area contributed by atoms with Crippen molar-refractivity contribution < 1.29 is 14.3 Å². The summed E-state index contributed by atoms with van der Waals surface area (Å²) in [6.45, 7) is 13.1. The van der Waals surface area contributed by atoms with E-state index in [1.807, 2.05) is 30.3 Å². The third-order valence-electron chi connectivity index (χ3n) is 9.73. The first-order valence-corrected chi connectivity index (χ1v) is 14.8. The summed E-state index contributed by atoms with van der Waals surface area (Å²) in [5.41, 5.74) is 6.81. The largest absolute Gasteiger partial charge is 0.456 e. The molecule has 5 heteroatoms. The van der Waals surface area contributed by atoms with E-state index < -0.39 is 5.60 Å². The predicted octanol–water partition coefficient (Wildman–Crippen LogP) is 8.38. The van der Waals surface area contributed by atoms with E-state index >= 15 is 0 Å². The van der Waals surface area contributed by atoms with Crippen LogP contribution >= 0.6 is 0 Å². The molecule has 3 aliphatic rings. The van der Waals surface area contributed by atoms with Crippen LogP contribution in [0.3, 0.4) is 0 Å². The lowest BCUT2D eigenvalue weighted by atomic mass is 9.76. The monoisotopic (exact) mass is 544 g/mol. The maximum Gasteiger partial charge on any atom is 0.340 e. The van der Waals surface area contributed by atoms with Gasteiger partial charge in [0, 0.05) is 59.0 Å². The van der Waals surface area contributed by atoms with Crippen LogP contribution in [-0.2, 0) is 10.3 Å². The van der Waals surface area contributed by atoms with E-state index in [4.69, 9.17) is 9.47 Å². The summed E-state index contributed by atoms with van der Waals surface area (Å²) in [7, 11) is 0. The molecule has 0 radical (unpaired) electrons. The van der Waals surface area contributed by atoms with Gasteiger partial charge >= 0.3 is 5.97 Å². The fraction of sp³-hybridized carbons (Fsp3) is 0.306. The maximum atomic E-state index is 13.4. The summed E-state index contributed by atoms with van der Waals surface area (Å²) in [4.78, 5) is 18.2. The molecule has 0 saturated carbocycles. The normalized spacial score (nSPS) is 23.7. The van der Waals surface area contributed by atoms with Crippen LogP contribution in [-0.4, -0.2) is 25.1 Å². The van der Waals surface area contributed by atoms with Crippen molar-refractivity contribution in [3.8, 4) is 11.5 Å². The Morgan fingerprint density at radius 3 is 2.37 bits per heavy atom. The van der Waals surface area contributed by atoms with Crippen molar-refractivity contribution in [2.45, 2.75) is 52.2 Å². The van der Waals surface area contributed by atoms with Crippen molar-refractivity contribution in [1.29, 1.82) is 0 Å². The molecule has 3 aliphatic heterocycles. The Hall–Kier alpha value is -4.25. The van der Waals surface area contributed by atoms with Crippen molar-refractivity contribution in [1.82, 2.24) is 0 Å². The molecule has 0 saturated heterocycles. The first kappa shape index (κ1) is 25.7. The number of anilines is 3. The Labute approximate surface area is 242 Å². The molecule has 0 aliphatic carbocycles. The quantitative estimate of drug-likeness (QED) is 0.241. The van der Waals surface area contributed by atoms with Gasteiger partial charge < -0.3 is 19.3 Å². The van der Waals surface area contributed by atoms with Gasteiger partial charge in [-0.1, -0.05) is 50.2 Å². The molecule has 4 aromatic rings. The first-order valence-electron chi connectivity index (χ1n) is 14.8. The summed E-state index contributed by atoms with van der Waals surface area (Å²) in [5, 5.41) is 0. The summed E-state index contributed by atoms with van der Waals surface area (Å²) in [6.07, 6.45) is 0. The van der Waals surface area contributed by atoms with Crippen molar-refractivity contribution in [3.05, 3.63) is 113 Å². The molecule has 0 bridgehead atoms. The van der Waals surface area contributed by atoms with Crippen molar-refractivity contribution in [2.75, 3.05) is 22.9 Å². The molecule has 0 amide bonds. The Morgan fingerprint density at radius 2 is 1.56 bits per heavy atom. The topological polar surface area (TPSA) is 42.0 Å². The van der Waals surface area contributed by atoms with Gasteiger partial charge in [-0.05, 0) is 80.6 Å². The zero-order valence-electron chi connectivity index (χ0n) is 24.3. The van der Waals surface area contributed by atoms with Gasteiger partial charge in [-0.2, -0.15) is 0 Å². The predicted molar refractivity (Wildman–Crippen MR) is 164 cm³/mol. The number of hydrogen-bond donors (Lipinski definition) is 0. The van der Waals surface area contributed by atoms with Crippen LogP contribution in [0.5, 0.6) is 11.5 Å². The molecule has 0 N–H and O–H groups in total. The molecule has 1 spiro atoms. The van der Waals surface area contributed by atoms with E-state index in [-0.39, 0.29) is 12.0 Å². The first-order chi connectivity index (χ1) is 19.9. The number of nitrogens with zero attached hydrogens (tertiary/aromatic N) is 2. The van der Waals surface area contributed by atoms with Crippen LogP contribution in [0.2, 0.25) is 0 Å². The smallest absolute Gasteiger partial charge is 0.340 e. The number of rotatable bonds is 4. The number of carbonyl (C=O) groups excluding carboxylic acids is 1. The highest BCUT2D eigenvalue weighted by atomic mass is 16.6. The summed E-state index contributed by atoms with van der Waals surface area (Å²) >= 11 is 0. The Kier molecular flexibility index (Phi) is 5.90. The van der Waals surface area contributed by atoms with Crippen LogP contribution in [0.25, 0.3) is 0 Å². The molecule has 41 heavy (non-hydrogen) atoms. The minimum Gasteiger partial charge on any atom is -0.456 e. The Balaban J connectivity index is 1.46. The fourth-order valence-electron chi connectivity index (χ4n) is 7.21. The maximum absolute atomic E-state index is 13.4. The number of para-hydroxylation sites is 1. The zero-order chi connectivity index (χ0) is 28.5. The summed E-state index contributed by atoms with van der Waals surface area (Å²) in [5.74, 6) is 2.03. The van der Waals surface area contributed by atoms with Gasteiger partial charge in [0.15, 0.2) is 5.60 Å². The molecule has 0 aromatic heterocycles. The second-order valence-electron chi connectivity index (χ2n) is 11.6. The lowest BCUT2D eigenvalue weighted by Crippen LogP contribution is -2.41. The lowest BCUT2D eigenvalue weighted by molar-refractivity contribution is 0.0224. The molecule has 4 unspecified atom stereocenters. The van der Waals surface area contributed by atoms with Crippen molar-refractivity contribution >= 4 is 23.0 Å². The Bertz CT molecular complexity index is 1680. The van der Waals surface area contributed by atoms with Crippen LogP contribution in [0, 0.1) is 5.92 Å². The molecule has 208 valence electrons. The molecule has 5 nitrogen and oxygen atoms in total. The molecule has 0 fully saturated rings. The highest BCUT2D eigenvalue weighted by Gasteiger charge is 2.54. The number of fused-ring (bicyclic) bond motifs is 7. The van der Waals surface area contributed by atoms with Crippen LogP contribution < -0.4 is 14.5 Å². The third-order valence-corrected chi connectivity index (χ3v) is 9.73. The van der Waals surface area contributed by atoms with Gasteiger partial charge in [-0.15, -0.1) is 0 Å². The van der Waals surface area contributed by atoms with Crippen LogP contribution in [0.4, 0.5) is 17.1 Å². The number of ether oxygens (including phenoxy) is 2. The SMILES string of the molecule is CCN(CC)c1ccc2c(c1)Oc1ccc(N3c4ccccc4C(C)C(C)C3C)cc1C21OC(=O)c2ccccc21. The molecule has 3 heterocycles. The standard InChI is InChI=1S/C36H36N2O3/c1-6-37(7-2)25-16-18-30-34(21-25)40-33-19-17-26(38-24(5)22(3)23(4)27-12-9-11-15-32(27)38)20-31(33)36(30)29-14-10-8-13-28(29)35(39)41-36/h8-24H,6-7H2,1-5H3. The van der Waals surface area contributed by atoms with Crippen LogP contribution in [0.1, 0.15) is 73.1 Å². The lowest BCUT2D eigenvalue weighted by Gasteiger charge is -2.45. The second-order valence-corrected chi connectivity index (χ2v) is 11.6. The average molecular weight is 545 g/mol. The second kappa shape index (κ2) is 9.41. The Morgan fingerprint density at radius 1 is 0.805 bits per heavy atom. The van der Waals surface area contributed by atoms with Crippen molar-refractivity contribution in [2.24, 2.45) is 5.92 Å². The van der Waals surface area contributed by atoms with Crippen molar-refractivity contribution in [3.63, 3.8) is 0 Å².